The summed E-state index contributed by atoms with van der Waals surface area (Å²) in [6, 6.07) is 18.9. The Morgan fingerprint density at radius 1 is 0.919 bits per heavy atom. The molecule has 62 heavy (non-hydrogen) atoms. The molecular formula is C52H71N3O7. The number of phenolic OH excluding ortho intramolecular Hbond substituents is 2. The first-order valence-electron chi connectivity index (χ1n) is 23.4. The molecule has 2 aromatic heterocycles. The number of nitrogen functional groups attached to an aromatic ring is 1. The van der Waals surface area contributed by atoms with Crippen LogP contribution in [0.15, 0.2) is 79.0 Å². The fraction of sp³-hybridized carbons (Fsp3) is 0.538. The molecule has 336 valence electrons. The molecule has 2 aliphatic rings. The van der Waals surface area contributed by atoms with E-state index in [1.54, 1.807) is 12.3 Å². The fourth-order valence-electron chi connectivity index (χ4n) is 10.5. The van der Waals surface area contributed by atoms with Crippen LogP contribution in [0.1, 0.15) is 132 Å². The number of hydrogen-bond donors (Lipinski definition) is 8. The molecule has 1 saturated carbocycles. The van der Waals surface area contributed by atoms with Crippen LogP contribution in [-0.4, -0.2) is 64.4 Å². The van der Waals surface area contributed by atoms with Gasteiger partial charge in [0.15, 0.2) is 0 Å². The lowest BCUT2D eigenvalue weighted by Crippen LogP contribution is -2.37. The van der Waals surface area contributed by atoms with Gasteiger partial charge in [0.2, 0.25) is 0 Å². The number of aryl methyl sites for hydroxylation is 1. The predicted molar refractivity (Wildman–Crippen MR) is 246 cm³/mol. The first-order valence-corrected chi connectivity index (χ1v) is 23.4. The van der Waals surface area contributed by atoms with E-state index in [0.717, 1.165) is 72.2 Å². The van der Waals surface area contributed by atoms with Crippen molar-refractivity contribution < 1.29 is 35.4 Å². The van der Waals surface area contributed by atoms with E-state index in [2.05, 4.69) is 42.0 Å². The largest absolute Gasteiger partial charge is 0.508 e. The Balaban J connectivity index is 1.12. The molecule has 2 aliphatic carbocycles. The van der Waals surface area contributed by atoms with Crippen LogP contribution in [0.25, 0.3) is 11.3 Å². The first-order chi connectivity index (χ1) is 29.8. The second-order valence-electron chi connectivity index (χ2n) is 18.6. The second kappa shape index (κ2) is 22.1. The molecule has 8 atom stereocenters. The lowest BCUT2D eigenvalue weighted by atomic mass is 9.80. The number of carboxylic acid groups (broad SMARTS) is 1. The number of aromatic hydroxyl groups is 2. The maximum atomic E-state index is 12.6. The Kier molecular flexibility index (Phi) is 16.7. The van der Waals surface area contributed by atoms with Gasteiger partial charge in [-0.05, 0) is 129 Å². The second-order valence-corrected chi connectivity index (χ2v) is 18.6. The van der Waals surface area contributed by atoms with Gasteiger partial charge in [0.1, 0.15) is 17.3 Å². The summed E-state index contributed by atoms with van der Waals surface area (Å²) in [5, 5.41) is 66.8. The topological polar surface area (TPSA) is 193 Å². The van der Waals surface area contributed by atoms with Crippen molar-refractivity contribution in [1.29, 1.82) is 0 Å². The number of nitrogens with zero attached hydrogens (tertiary/aromatic N) is 1. The standard InChI is InChI=1S/C52H71N3O7/c1-3-5-8-13-35-18-19-39(47(58)27-35)16-11-7-12-17-43(51(60)61)46(57)20-22-52(62)33-37(24-36-21-23-54-49(53)28-36)25-40(52)30-41-29-38(4-2)50(55-41)45-31-42(56)32-48(59)44(45)26-34-14-9-6-10-15-34/h6,9-10,14-15,18-19,21,23,28-29,31-32,35,37,39-40,43,46-47,55-59,62H,3-5,7-8,11-13,16-17,20,22,24-27,30,33H2,1-2H3,(H2,53,54)(H,60,61). The fourth-order valence-corrected chi connectivity index (χ4v) is 10.5. The molecule has 0 bridgehead atoms. The summed E-state index contributed by atoms with van der Waals surface area (Å²) < 4.78 is 0. The van der Waals surface area contributed by atoms with Crippen LogP contribution in [0, 0.1) is 29.6 Å². The summed E-state index contributed by atoms with van der Waals surface area (Å²) in [5.74, 6) is -0.972. The van der Waals surface area contributed by atoms with Crippen molar-refractivity contribution >= 4 is 11.8 Å². The molecule has 0 amide bonds. The Morgan fingerprint density at radius 3 is 2.44 bits per heavy atom. The molecule has 2 heterocycles. The third-order valence-electron chi connectivity index (χ3n) is 14.0. The average molecular weight is 850 g/mol. The minimum absolute atomic E-state index is 0.0211. The summed E-state index contributed by atoms with van der Waals surface area (Å²) >= 11 is 0. The molecule has 0 aliphatic heterocycles. The number of carboxylic acids is 1. The highest BCUT2D eigenvalue weighted by molar-refractivity contribution is 5.73. The molecule has 0 spiro atoms. The SMILES string of the molecule is CCCCCC1C=CC(CCCCCC(C(=O)O)C(O)CCC2(O)CC(Cc3ccnc(N)c3)CC2Cc2cc(CC)c(-c3cc(O)cc(O)c3Cc3ccccc3)[nH]2)C(O)C1. The number of nitrogens with two attached hydrogens (primary N) is 1. The third kappa shape index (κ3) is 12.5. The van der Waals surface area contributed by atoms with Crippen LogP contribution in [-0.2, 0) is 30.5 Å². The number of pyridine rings is 1. The molecule has 2 aromatic carbocycles. The summed E-state index contributed by atoms with van der Waals surface area (Å²) in [6.07, 6.45) is 18.0. The van der Waals surface area contributed by atoms with Crippen LogP contribution < -0.4 is 5.73 Å². The van der Waals surface area contributed by atoms with Gasteiger partial charge < -0.3 is 41.4 Å². The van der Waals surface area contributed by atoms with Gasteiger partial charge in [-0.25, -0.2) is 4.98 Å². The molecule has 9 N–H and O–H groups in total. The highest BCUT2D eigenvalue weighted by Crippen LogP contribution is 2.47. The lowest BCUT2D eigenvalue weighted by Gasteiger charge is -2.32. The van der Waals surface area contributed by atoms with E-state index in [-0.39, 0.29) is 48.2 Å². The van der Waals surface area contributed by atoms with Crippen LogP contribution >= 0.6 is 0 Å². The predicted octanol–water partition coefficient (Wildman–Crippen LogP) is 9.69. The number of benzene rings is 2. The number of anilines is 1. The van der Waals surface area contributed by atoms with Gasteiger partial charge in [-0.3, -0.25) is 4.79 Å². The molecule has 0 saturated heterocycles. The molecule has 6 rings (SSSR count). The number of unbranched alkanes of at least 4 members (excludes halogenated alkanes) is 4. The maximum Gasteiger partial charge on any atom is 0.309 e. The van der Waals surface area contributed by atoms with Crippen LogP contribution in [0.4, 0.5) is 5.82 Å². The van der Waals surface area contributed by atoms with Crippen molar-refractivity contribution in [2.45, 2.75) is 147 Å². The molecule has 8 unspecified atom stereocenters. The van der Waals surface area contributed by atoms with Gasteiger partial charge in [-0.1, -0.05) is 94.9 Å². The summed E-state index contributed by atoms with van der Waals surface area (Å²) in [4.78, 5) is 20.3. The Bertz CT molecular complexity index is 2070. The number of aliphatic carboxylic acids is 1. The van der Waals surface area contributed by atoms with Crippen LogP contribution in [0.3, 0.4) is 0 Å². The maximum absolute atomic E-state index is 12.6. The molecule has 4 aromatic rings. The number of allylic oxidation sites excluding steroid dienone is 1. The van der Waals surface area contributed by atoms with Crippen molar-refractivity contribution in [3.8, 4) is 22.8 Å². The summed E-state index contributed by atoms with van der Waals surface area (Å²) in [5.41, 5.74) is 11.2. The van der Waals surface area contributed by atoms with E-state index in [0.29, 0.717) is 62.2 Å². The number of rotatable bonds is 23. The molecule has 10 nitrogen and oxygen atoms in total. The lowest BCUT2D eigenvalue weighted by molar-refractivity contribution is -0.146. The van der Waals surface area contributed by atoms with Crippen molar-refractivity contribution in [3.63, 3.8) is 0 Å². The van der Waals surface area contributed by atoms with E-state index in [4.69, 9.17) is 5.73 Å². The van der Waals surface area contributed by atoms with E-state index in [1.807, 2.05) is 42.5 Å². The van der Waals surface area contributed by atoms with E-state index < -0.39 is 23.6 Å². The van der Waals surface area contributed by atoms with Gasteiger partial charge in [0, 0.05) is 47.1 Å². The molecular weight excluding hydrogens is 779 g/mol. The minimum atomic E-state index is -1.16. The van der Waals surface area contributed by atoms with Crippen molar-refractivity contribution in [3.05, 3.63) is 107 Å². The number of carbonyl (C=O) groups is 1. The number of H-pyrrole nitrogens is 1. The van der Waals surface area contributed by atoms with Crippen LogP contribution in [0.5, 0.6) is 11.5 Å². The number of aliphatic hydroxyl groups excluding tert-OH is 2. The van der Waals surface area contributed by atoms with E-state index in [9.17, 15) is 35.4 Å². The minimum Gasteiger partial charge on any atom is -0.508 e. The number of aliphatic hydroxyl groups is 3. The average Bonchev–Trinajstić information content (AvgIpc) is 3.79. The highest BCUT2D eigenvalue weighted by Gasteiger charge is 2.46. The normalized spacial score (nSPS) is 23.4. The van der Waals surface area contributed by atoms with Gasteiger partial charge in [0.25, 0.3) is 0 Å². The summed E-state index contributed by atoms with van der Waals surface area (Å²) in [7, 11) is 0. The van der Waals surface area contributed by atoms with E-state index in [1.165, 1.54) is 25.3 Å². The Morgan fingerprint density at radius 2 is 1.71 bits per heavy atom. The van der Waals surface area contributed by atoms with Gasteiger partial charge in [-0.2, -0.15) is 0 Å². The smallest absolute Gasteiger partial charge is 0.309 e. The van der Waals surface area contributed by atoms with Gasteiger partial charge in [0.05, 0.1) is 23.7 Å². The number of nitrogens with one attached hydrogen (secondary N) is 1. The van der Waals surface area contributed by atoms with Gasteiger partial charge >= 0.3 is 5.97 Å². The van der Waals surface area contributed by atoms with Crippen molar-refractivity contribution in [2.24, 2.45) is 29.6 Å². The monoisotopic (exact) mass is 850 g/mol. The molecule has 1 fully saturated rings. The zero-order chi connectivity index (χ0) is 44.2. The Labute approximate surface area is 368 Å². The zero-order valence-corrected chi connectivity index (χ0v) is 36.9. The highest BCUT2D eigenvalue weighted by atomic mass is 16.4. The summed E-state index contributed by atoms with van der Waals surface area (Å²) in [6.45, 7) is 4.27. The number of hydrogen-bond acceptors (Lipinski definition) is 8. The number of aromatic nitrogens is 2. The quantitative estimate of drug-likeness (QED) is 0.0265. The van der Waals surface area contributed by atoms with Crippen molar-refractivity contribution in [2.75, 3.05) is 5.73 Å². The molecule has 10 heteroatoms. The van der Waals surface area contributed by atoms with Crippen LogP contribution in [0.2, 0.25) is 0 Å². The Hall–Kier alpha value is -4.64. The van der Waals surface area contributed by atoms with Crippen molar-refractivity contribution in [1.82, 2.24) is 9.97 Å². The zero-order valence-electron chi connectivity index (χ0n) is 36.9. The number of aromatic amines is 1. The molecule has 0 radical (unpaired) electrons. The third-order valence-corrected chi connectivity index (χ3v) is 14.0. The van der Waals surface area contributed by atoms with Gasteiger partial charge in [-0.15, -0.1) is 0 Å². The first kappa shape index (κ1) is 46.9. The van der Waals surface area contributed by atoms with E-state index >= 15 is 0 Å². The number of phenols is 2.